The minimum atomic E-state index is -3.00. The van der Waals surface area contributed by atoms with Gasteiger partial charge in [0.1, 0.15) is 15.7 Å². The third-order valence-electron chi connectivity index (χ3n) is 2.11. The van der Waals surface area contributed by atoms with E-state index in [1.165, 1.54) is 12.3 Å². The molecule has 0 saturated carbocycles. The van der Waals surface area contributed by atoms with Gasteiger partial charge in [0.25, 0.3) is 5.91 Å². The first-order chi connectivity index (χ1) is 8.29. The summed E-state index contributed by atoms with van der Waals surface area (Å²) in [5.74, 6) is -0.170. The Labute approximate surface area is 110 Å². The Balaban J connectivity index is 2.48. The molecule has 1 aromatic heterocycles. The predicted molar refractivity (Wildman–Crippen MR) is 70.3 cm³/mol. The van der Waals surface area contributed by atoms with Gasteiger partial charge in [-0.15, -0.1) is 0 Å². The lowest BCUT2D eigenvalue weighted by atomic mass is 10.2. The first-order valence-corrected chi connectivity index (χ1v) is 7.60. The molecule has 0 bridgehead atoms. The number of anilines is 1. The van der Waals surface area contributed by atoms with Crippen LogP contribution in [0.2, 0.25) is 5.02 Å². The van der Waals surface area contributed by atoms with Crippen molar-refractivity contribution in [3.05, 3.63) is 22.8 Å². The molecule has 100 valence electrons. The van der Waals surface area contributed by atoms with Gasteiger partial charge in [-0.2, -0.15) is 0 Å². The minimum Gasteiger partial charge on any atom is -0.382 e. The Morgan fingerprint density at radius 3 is 2.78 bits per heavy atom. The van der Waals surface area contributed by atoms with Crippen LogP contribution in [0.3, 0.4) is 0 Å². The Morgan fingerprint density at radius 2 is 2.22 bits per heavy atom. The lowest BCUT2D eigenvalue weighted by Crippen LogP contribution is -2.26. The molecule has 0 fully saturated rings. The van der Waals surface area contributed by atoms with Crippen LogP contribution < -0.4 is 11.1 Å². The van der Waals surface area contributed by atoms with Gasteiger partial charge < -0.3 is 11.1 Å². The van der Waals surface area contributed by atoms with Crippen LogP contribution in [0.15, 0.2) is 12.3 Å². The van der Waals surface area contributed by atoms with Gasteiger partial charge in [0, 0.05) is 19.0 Å². The van der Waals surface area contributed by atoms with Crippen molar-refractivity contribution < 1.29 is 13.2 Å². The molecule has 1 heterocycles. The van der Waals surface area contributed by atoms with Gasteiger partial charge >= 0.3 is 0 Å². The Kier molecular flexibility index (Phi) is 4.92. The maximum Gasteiger partial charge on any atom is 0.252 e. The summed E-state index contributed by atoms with van der Waals surface area (Å²) in [5.41, 5.74) is 5.70. The van der Waals surface area contributed by atoms with Crippen molar-refractivity contribution in [1.29, 1.82) is 0 Å². The molecule has 0 spiro atoms. The molecule has 0 radical (unpaired) electrons. The van der Waals surface area contributed by atoms with Gasteiger partial charge in [-0.3, -0.25) is 4.79 Å². The number of nitrogens with one attached hydrogen (secondary N) is 1. The molecule has 1 amide bonds. The van der Waals surface area contributed by atoms with Crippen LogP contribution in [0.5, 0.6) is 0 Å². The summed E-state index contributed by atoms with van der Waals surface area (Å²) in [6, 6.07) is 1.41. The molecular weight excluding hydrogens is 278 g/mol. The number of carbonyl (C=O) groups is 1. The van der Waals surface area contributed by atoms with Crippen LogP contribution in [0.25, 0.3) is 0 Å². The lowest BCUT2D eigenvalue weighted by Gasteiger charge is -2.05. The Hall–Kier alpha value is -1.34. The number of sulfone groups is 1. The average Bonchev–Trinajstić information content (AvgIpc) is 2.26. The van der Waals surface area contributed by atoms with Gasteiger partial charge in [-0.25, -0.2) is 13.4 Å². The summed E-state index contributed by atoms with van der Waals surface area (Å²) in [6.45, 7) is 0.272. The highest BCUT2D eigenvalue weighted by Crippen LogP contribution is 2.16. The van der Waals surface area contributed by atoms with Crippen LogP contribution in [0.4, 0.5) is 5.82 Å². The predicted octanol–water partition coefficient (Wildman–Crippen LogP) is 0.482. The first-order valence-electron chi connectivity index (χ1n) is 5.16. The van der Waals surface area contributed by atoms with E-state index >= 15 is 0 Å². The van der Waals surface area contributed by atoms with Gasteiger partial charge in [-0.1, -0.05) is 11.6 Å². The number of pyridine rings is 1. The maximum atomic E-state index is 11.6. The number of halogens is 1. The van der Waals surface area contributed by atoms with Gasteiger partial charge in [0.05, 0.1) is 16.3 Å². The van der Waals surface area contributed by atoms with Crippen LogP contribution in [0, 0.1) is 0 Å². The molecule has 0 aliphatic carbocycles. The molecule has 1 aromatic rings. The molecule has 3 N–H and O–H groups in total. The number of rotatable bonds is 5. The molecule has 1 rings (SSSR count). The van der Waals surface area contributed by atoms with E-state index in [9.17, 15) is 13.2 Å². The van der Waals surface area contributed by atoms with Gasteiger partial charge in [0.15, 0.2) is 0 Å². The van der Waals surface area contributed by atoms with E-state index in [2.05, 4.69) is 10.3 Å². The summed E-state index contributed by atoms with van der Waals surface area (Å²) in [5, 5.41) is 2.78. The number of hydrogen-bond donors (Lipinski definition) is 2. The zero-order valence-corrected chi connectivity index (χ0v) is 11.4. The maximum absolute atomic E-state index is 11.6. The Morgan fingerprint density at radius 1 is 1.56 bits per heavy atom. The van der Waals surface area contributed by atoms with E-state index < -0.39 is 9.84 Å². The largest absolute Gasteiger partial charge is 0.382 e. The molecular formula is C10H14ClN3O3S. The topological polar surface area (TPSA) is 102 Å². The number of aromatic nitrogens is 1. The third-order valence-corrected chi connectivity index (χ3v) is 3.44. The standard InChI is InChI=1S/C10H14ClN3O3S/c1-18(16,17)4-2-3-13-10(15)7-5-8(11)9(12)14-6-7/h5-6H,2-4H2,1H3,(H2,12,14)(H,13,15). The number of carbonyl (C=O) groups excluding carboxylic acids is 1. The lowest BCUT2D eigenvalue weighted by molar-refractivity contribution is 0.0953. The molecule has 0 atom stereocenters. The second kappa shape index (κ2) is 6.01. The van der Waals surface area contributed by atoms with Crippen molar-refractivity contribution in [3.8, 4) is 0 Å². The fourth-order valence-electron chi connectivity index (χ4n) is 1.21. The smallest absolute Gasteiger partial charge is 0.252 e. The van der Waals surface area contributed by atoms with Crippen molar-refractivity contribution >= 4 is 33.2 Å². The van der Waals surface area contributed by atoms with E-state index in [-0.39, 0.29) is 34.6 Å². The van der Waals surface area contributed by atoms with Crippen molar-refractivity contribution in [2.24, 2.45) is 0 Å². The average molecular weight is 292 g/mol. The molecule has 0 unspecified atom stereocenters. The summed E-state index contributed by atoms with van der Waals surface area (Å²) in [4.78, 5) is 15.4. The normalized spacial score (nSPS) is 11.2. The van der Waals surface area contributed by atoms with Crippen molar-refractivity contribution in [2.45, 2.75) is 6.42 Å². The summed E-state index contributed by atoms with van der Waals surface area (Å²) in [6.07, 6.45) is 2.83. The number of hydrogen-bond acceptors (Lipinski definition) is 5. The minimum absolute atomic E-state index is 0.0357. The third kappa shape index (κ3) is 4.89. The van der Waals surface area contributed by atoms with Gasteiger partial charge in [-0.05, 0) is 12.5 Å². The summed E-state index contributed by atoms with van der Waals surface area (Å²) >= 11 is 5.73. The molecule has 18 heavy (non-hydrogen) atoms. The highest BCUT2D eigenvalue weighted by atomic mass is 35.5. The number of nitrogen functional groups attached to an aromatic ring is 1. The number of nitrogens with two attached hydrogens (primary N) is 1. The molecule has 0 saturated heterocycles. The molecule has 0 aromatic carbocycles. The van der Waals surface area contributed by atoms with Gasteiger partial charge in [0.2, 0.25) is 0 Å². The zero-order valence-electron chi connectivity index (χ0n) is 9.81. The number of nitrogens with zero attached hydrogens (tertiary/aromatic N) is 1. The molecule has 0 aliphatic rings. The SMILES string of the molecule is CS(=O)(=O)CCCNC(=O)c1cnc(N)c(Cl)c1. The van der Waals surface area contributed by atoms with E-state index in [4.69, 9.17) is 17.3 Å². The second-order valence-corrected chi connectivity index (χ2v) is 6.50. The van der Waals surface area contributed by atoms with E-state index in [0.717, 1.165) is 6.26 Å². The van der Waals surface area contributed by atoms with Crippen molar-refractivity contribution in [3.63, 3.8) is 0 Å². The zero-order chi connectivity index (χ0) is 13.8. The van der Waals surface area contributed by atoms with Crippen molar-refractivity contribution in [1.82, 2.24) is 10.3 Å². The quantitative estimate of drug-likeness (QED) is 0.768. The van der Waals surface area contributed by atoms with E-state index in [1.54, 1.807) is 0 Å². The molecule has 0 aliphatic heterocycles. The van der Waals surface area contributed by atoms with Crippen LogP contribution in [-0.4, -0.2) is 37.9 Å². The fraction of sp³-hybridized carbons (Fsp3) is 0.400. The molecule has 8 heteroatoms. The molecule has 6 nitrogen and oxygen atoms in total. The fourth-order valence-corrected chi connectivity index (χ4v) is 2.05. The van der Waals surface area contributed by atoms with E-state index in [1.807, 2.05) is 0 Å². The summed E-state index contributed by atoms with van der Waals surface area (Å²) < 4.78 is 21.7. The first kappa shape index (κ1) is 14.7. The van der Waals surface area contributed by atoms with Crippen molar-refractivity contribution in [2.75, 3.05) is 24.3 Å². The Bertz CT molecular complexity index is 545. The highest BCUT2D eigenvalue weighted by Gasteiger charge is 2.08. The van der Waals surface area contributed by atoms with Crippen LogP contribution in [-0.2, 0) is 9.84 Å². The van der Waals surface area contributed by atoms with Crippen LogP contribution in [0.1, 0.15) is 16.8 Å². The monoisotopic (exact) mass is 291 g/mol. The summed E-state index contributed by atoms with van der Waals surface area (Å²) in [7, 11) is -3.00. The highest BCUT2D eigenvalue weighted by molar-refractivity contribution is 7.90. The van der Waals surface area contributed by atoms with E-state index in [0.29, 0.717) is 6.42 Å². The van der Waals surface area contributed by atoms with Crippen LogP contribution >= 0.6 is 11.6 Å². The second-order valence-electron chi connectivity index (χ2n) is 3.83. The number of amides is 1.